The van der Waals surface area contributed by atoms with E-state index >= 15 is 0 Å². The summed E-state index contributed by atoms with van der Waals surface area (Å²) < 4.78 is 0. The minimum absolute atomic E-state index is 0.758. The van der Waals surface area contributed by atoms with Crippen LogP contribution in [0.25, 0.3) is 0 Å². The Morgan fingerprint density at radius 3 is 2.54 bits per heavy atom. The predicted molar refractivity (Wildman–Crippen MR) is 58.9 cm³/mol. The van der Waals surface area contributed by atoms with Crippen LogP contribution in [0.5, 0.6) is 0 Å². The van der Waals surface area contributed by atoms with Crippen LogP contribution in [0, 0.1) is 11.8 Å². The molecule has 2 unspecified atom stereocenters. The summed E-state index contributed by atoms with van der Waals surface area (Å²) in [7, 11) is 0. The summed E-state index contributed by atoms with van der Waals surface area (Å²) in [6.07, 6.45) is 7.01. The summed E-state index contributed by atoms with van der Waals surface area (Å²) in [5.74, 6) is 1.98. The Kier molecular flexibility index (Phi) is 4.79. The molecule has 1 heteroatoms. The molecule has 0 radical (unpaired) electrons. The van der Waals surface area contributed by atoms with Gasteiger partial charge in [-0.05, 0) is 44.6 Å². The molecule has 13 heavy (non-hydrogen) atoms. The Labute approximate surface area is 83.3 Å². The first-order valence-corrected chi connectivity index (χ1v) is 5.99. The molecule has 0 amide bonds. The van der Waals surface area contributed by atoms with Gasteiger partial charge in [0.25, 0.3) is 0 Å². The Morgan fingerprint density at radius 1 is 1.31 bits per heavy atom. The van der Waals surface area contributed by atoms with E-state index in [9.17, 15) is 0 Å². The van der Waals surface area contributed by atoms with E-state index in [-0.39, 0.29) is 0 Å². The first-order chi connectivity index (χ1) is 6.26. The van der Waals surface area contributed by atoms with Gasteiger partial charge in [-0.1, -0.05) is 26.7 Å². The van der Waals surface area contributed by atoms with Crippen molar-refractivity contribution < 1.29 is 0 Å². The minimum Gasteiger partial charge on any atom is -0.314 e. The van der Waals surface area contributed by atoms with E-state index < -0.39 is 0 Å². The molecular formula is C12H25N. The summed E-state index contributed by atoms with van der Waals surface area (Å²) in [4.78, 5) is 0. The molecule has 1 fully saturated rings. The van der Waals surface area contributed by atoms with Gasteiger partial charge < -0.3 is 5.32 Å². The van der Waals surface area contributed by atoms with Gasteiger partial charge in [0.1, 0.15) is 0 Å². The Balaban J connectivity index is 2.26. The lowest BCUT2D eigenvalue weighted by Gasteiger charge is -2.30. The average molecular weight is 183 g/mol. The van der Waals surface area contributed by atoms with Crippen molar-refractivity contribution in [3.8, 4) is 0 Å². The van der Waals surface area contributed by atoms with Crippen molar-refractivity contribution in [2.75, 3.05) is 6.54 Å². The quantitative estimate of drug-likeness (QED) is 0.706. The van der Waals surface area contributed by atoms with Crippen LogP contribution < -0.4 is 5.32 Å². The molecule has 0 aromatic heterocycles. The second-order valence-corrected chi connectivity index (χ2v) is 4.66. The van der Waals surface area contributed by atoms with Gasteiger partial charge in [0.05, 0.1) is 0 Å². The average Bonchev–Trinajstić information content (AvgIpc) is 2.14. The van der Waals surface area contributed by atoms with E-state index in [1.807, 2.05) is 0 Å². The smallest absolute Gasteiger partial charge is 0.00413 e. The zero-order valence-corrected chi connectivity index (χ0v) is 9.47. The third-order valence-corrected chi connectivity index (χ3v) is 3.55. The van der Waals surface area contributed by atoms with Crippen LogP contribution in [-0.2, 0) is 0 Å². The molecule has 1 rings (SSSR count). The van der Waals surface area contributed by atoms with Gasteiger partial charge in [0.2, 0.25) is 0 Å². The van der Waals surface area contributed by atoms with Crippen molar-refractivity contribution in [1.29, 1.82) is 0 Å². The fraction of sp³-hybridized carbons (Fsp3) is 1.00. The van der Waals surface area contributed by atoms with Crippen molar-refractivity contribution in [1.82, 2.24) is 5.32 Å². The van der Waals surface area contributed by atoms with Crippen molar-refractivity contribution >= 4 is 0 Å². The molecule has 1 aliphatic rings. The van der Waals surface area contributed by atoms with Gasteiger partial charge in [-0.2, -0.15) is 0 Å². The first kappa shape index (κ1) is 11.0. The van der Waals surface area contributed by atoms with Gasteiger partial charge in [-0.3, -0.25) is 0 Å². The highest BCUT2D eigenvalue weighted by atomic mass is 14.9. The summed E-state index contributed by atoms with van der Waals surface area (Å²) in [6, 6.07) is 0.758. The van der Waals surface area contributed by atoms with Crippen LogP contribution in [0.3, 0.4) is 0 Å². The number of piperidine rings is 1. The summed E-state index contributed by atoms with van der Waals surface area (Å²) in [6.45, 7) is 8.22. The van der Waals surface area contributed by atoms with Crippen molar-refractivity contribution in [3.05, 3.63) is 0 Å². The highest BCUT2D eigenvalue weighted by Crippen LogP contribution is 2.26. The van der Waals surface area contributed by atoms with E-state index in [0.29, 0.717) is 0 Å². The van der Waals surface area contributed by atoms with Crippen LogP contribution in [0.2, 0.25) is 0 Å². The predicted octanol–water partition coefficient (Wildman–Crippen LogP) is 3.20. The number of hydrogen-bond acceptors (Lipinski definition) is 1. The molecule has 0 saturated carbocycles. The summed E-state index contributed by atoms with van der Waals surface area (Å²) in [5, 5.41) is 3.52. The van der Waals surface area contributed by atoms with E-state index in [1.54, 1.807) is 0 Å². The number of rotatable bonds is 4. The van der Waals surface area contributed by atoms with Crippen molar-refractivity contribution in [2.45, 2.75) is 58.9 Å². The lowest BCUT2D eigenvalue weighted by Crippen LogP contribution is -2.36. The maximum Gasteiger partial charge on any atom is 0.00413 e. The zero-order valence-electron chi connectivity index (χ0n) is 9.47. The van der Waals surface area contributed by atoms with Crippen LogP contribution in [0.4, 0.5) is 0 Å². The van der Waals surface area contributed by atoms with E-state index in [4.69, 9.17) is 0 Å². The first-order valence-electron chi connectivity index (χ1n) is 5.99. The standard InChI is InChI=1S/C12H25N/c1-4-11(5-2)9-12-6-7-13-10(3)8-12/h10-13H,4-9H2,1-3H3. The largest absolute Gasteiger partial charge is 0.314 e. The van der Waals surface area contributed by atoms with Crippen molar-refractivity contribution in [3.63, 3.8) is 0 Å². The number of hydrogen-bond donors (Lipinski definition) is 1. The maximum absolute atomic E-state index is 3.52. The van der Waals surface area contributed by atoms with Crippen molar-refractivity contribution in [2.24, 2.45) is 11.8 Å². The van der Waals surface area contributed by atoms with E-state index in [2.05, 4.69) is 26.1 Å². The van der Waals surface area contributed by atoms with Gasteiger partial charge in [0, 0.05) is 6.04 Å². The van der Waals surface area contributed by atoms with Gasteiger partial charge in [0.15, 0.2) is 0 Å². The fourth-order valence-electron chi connectivity index (χ4n) is 2.54. The van der Waals surface area contributed by atoms with Gasteiger partial charge in [-0.15, -0.1) is 0 Å². The molecule has 1 N–H and O–H groups in total. The van der Waals surface area contributed by atoms with E-state index in [0.717, 1.165) is 17.9 Å². The number of nitrogens with one attached hydrogen (secondary N) is 1. The molecule has 0 aromatic rings. The highest BCUT2D eigenvalue weighted by molar-refractivity contribution is 4.76. The molecule has 1 saturated heterocycles. The Morgan fingerprint density at radius 2 is 2.00 bits per heavy atom. The maximum atomic E-state index is 3.52. The van der Waals surface area contributed by atoms with Gasteiger partial charge in [-0.25, -0.2) is 0 Å². The molecule has 0 spiro atoms. The second-order valence-electron chi connectivity index (χ2n) is 4.66. The molecule has 1 heterocycles. The summed E-state index contributed by atoms with van der Waals surface area (Å²) in [5.41, 5.74) is 0. The lowest BCUT2D eigenvalue weighted by atomic mass is 9.83. The molecular weight excluding hydrogens is 158 g/mol. The lowest BCUT2D eigenvalue weighted by molar-refractivity contribution is 0.256. The van der Waals surface area contributed by atoms with E-state index in [1.165, 1.54) is 38.6 Å². The second kappa shape index (κ2) is 5.64. The van der Waals surface area contributed by atoms with Crippen LogP contribution in [0.15, 0.2) is 0 Å². The SMILES string of the molecule is CCC(CC)CC1CCNC(C)C1. The Bertz CT molecular complexity index is 129. The molecule has 0 aliphatic carbocycles. The molecule has 78 valence electrons. The third-order valence-electron chi connectivity index (χ3n) is 3.55. The minimum atomic E-state index is 0.758. The van der Waals surface area contributed by atoms with Gasteiger partial charge >= 0.3 is 0 Å². The molecule has 1 nitrogen and oxygen atoms in total. The summed E-state index contributed by atoms with van der Waals surface area (Å²) >= 11 is 0. The van der Waals surface area contributed by atoms with Crippen LogP contribution >= 0.6 is 0 Å². The fourth-order valence-corrected chi connectivity index (χ4v) is 2.54. The van der Waals surface area contributed by atoms with Crippen LogP contribution in [0.1, 0.15) is 52.9 Å². The highest BCUT2D eigenvalue weighted by Gasteiger charge is 2.20. The molecule has 2 atom stereocenters. The third kappa shape index (κ3) is 3.68. The molecule has 0 bridgehead atoms. The normalized spacial score (nSPS) is 29.5. The monoisotopic (exact) mass is 183 g/mol. The molecule has 0 aromatic carbocycles. The Hall–Kier alpha value is -0.0400. The van der Waals surface area contributed by atoms with Crippen LogP contribution in [-0.4, -0.2) is 12.6 Å². The zero-order chi connectivity index (χ0) is 9.68. The topological polar surface area (TPSA) is 12.0 Å². The molecule has 1 aliphatic heterocycles.